The number of likely N-dealkylation sites (N-methyl/N-ethyl adjacent to an activating group) is 1. The van der Waals surface area contributed by atoms with Gasteiger partial charge in [0.2, 0.25) is 11.8 Å². The summed E-state index contributed by atoms with van der Waals surface area (Å²) in [4.78, 5) is 47.5. The van der Waals surface area contributed by atoms with Gasteiger partial charge in [-0.05, 0) is 42.7 Å². The molecule has 0 aliphatic carbocycles. The fraction of sp³-hybridized carbons (Fsp3) is 0.406. The average molecular weight is 657 g/mol. The molecule has 2 aromatic rings. The zero-order valence-corrected chi connectivity index (χ0v) is 25.8. The van der Waals surface area contributed by atoms with Gasteiger partial charge in [-0.1, -0.05) is 70.0 Å². The molecule has 3 heterocycles. The maximum Gasteiger partial charge on any atom is 0.253 e. The molecule has 0 radical (unpaired) electrons. The van der Waals surface area contributed by atoms with E-state index in [2.05, 4.69) is 29.1 Å². The summed E-state index contributed by atoms with van der Waals surface area (Å²) in [7, 11) is 1.67. The van der Waals surface area contributed by atoms with Gasteiger partial charge in [0.05, 0.1) is 30.6 Å². The molecular formula is C32H35BrClN3O5. The maximum absolute atomic E-state index is 14.8. The first-order valence-electron chi connectivity index (χ1n) is 14.0. The quantitative estimate of drug-likeness (QED) is 0.293. The number of likely N-dealkylation sites (tertiary alicyclic amines) is 1. The van der Waals surface area contributed by atoms with Crippen molar-refractivity contribution in [2.75, 3.05) is 31.6 Å². The molecule has 2 bridgehead atoms. The minimum atomic E-state index is -1.27. The number of alkyl halides is 1. The van der Waals surface area contributed by atoms with E-state index in [0.717, 1.165) is 5.56 Å². The number of nitrogens with zero attached hydrogens (tertiary/aromatic N) is 3. The van der Waals surface area contributed by atoms with E-state index in [1.54, 1.807) is 48.4 Å². The smallest absolute Gasteiger partial charge is 0.253 e. The summed E-state index contributed by atoms with van der Waals surface area (Å²) in [6, 6.07) is 14.6. The largest absolute Gasteiger partial charge is 0.394 e. The Morgan fingerprint density at radius 3 is 2.43 bits per heavy atom. The van der Waals surface area contributed by atoms with Gasteiger partial charge in [-0.15, -0.1) is 13.2 Å². The summed E-state index contributed by atoms with van der Waals surface area (Å²) in [6.45, 7) is 7.71. The van der Waals surface area contributed by atoms with Crippen molar-refractivity contribution in [3.63, 3.8) is 0 Å². The van der Waals surface area contributed by atoms with E-state index in [9.17, 15) is 19.5 Å². The molecule has 2 aromatic carbocycles. The zero-order chi connectivity index (χ0) is 30.2. The molecule has 3 aliphatic rings. The summed E-state index contributed by atoms with van der Waals surface area (Å²) in [5.74, 6) is -2.63. The highest BCUT2D eigenvalue weighted by molar-refractivity contribution is 9.09. The number of aliphatic hydroxyl groups is 1. The number of carbonyl (C=O) groups excluding carboxylic acids is 3. The molecule has 3 fully saturated rings. The second-order valence-electron chi connectivity index (χ2n) is 11.2. The number of aliphatic hydroxyl groups excluding tert-OH is 1. The van der Waals surface area contributed by atoms with Crippen molar-refractivity contribution in [1.29, 1.82) is 0 Å². The Morgan fingerprint density at radius 2 is 1.81 bits per heavy atom. The maximum atomic E-state index is 14.8. The Balaban J connectivity index is 1.63. The van der Waals surface area contributed by atoms with Crippen LogP contribution < -0.4 is 4.90 Å². The van der Waals surface area contributed by atoms with Gasteiger partial charge in [0.25, 0.3) is 5.91 Å². The number of ether oxygens (including phenoxy) is 1. The minimum absolute atomic E-state index is 0.174. The number of carbonyl (C=O) groups is 3. The number of fused-ring (bicyclic) bond motifs is 1. The Bertz CT molecular complexity index is 1360. The monoisotopic (exact) mass is 655 g/mol. The number of hydrogen-bond donors (Lipinski definition) is 1. The van der Waals surface area contributed by atoms with Crippen molar-refractivity contribution in [1.82, 2.24) is 9.80 Å². The van der Waals surface area contributed by atoms with Crippen LogP contribution in [0.1, 0.15) is 12.0 Å². The first-order chi connectivity index (χ1) is 20.2. The Hall–Kier alpha value is -2.98. The van der Waals surface area contributed by atoms with Crippen LogP contribution in [0.4, 0.5) is 5.69 Å². The molecule has 3 unspecified atom stereocenters. The fourth-order valence-corrected chi connectivity index (χ4v) is 7.99. The summed E-state index contributed by atoms with van der Waals surface area (Å²) < 4.78 is 6.66. The topological polar surface area (TPSA) is 90.4 Å². The second kappa shape index (κ2) is 12.3. The molecule has 3 amide bonds. The molecule has 5 rings (SSSR count). The molecule has 0 aromatic heterocycles. The SMILES string of the molecule is C=CCN(C)C(=O)[C@H]1[C@H]2C(=O)N([C@@H](CO)Cc3ccccc3)C(C(=O)N(CC=C)c3ccc(Cl)cc3)C23CC(Br)[C@@H]1O3. The number of rotatable bonds is 11. The molecule has 7 atom stereocenters. The van der Waals surface area contributed by atoms with Gasteiger partial charge < -0.3 is 24.5 Å². The molecule has 222 valence electrons. The van der Waals surface area contributed by atoms with E-state index >= 15 is 0 Å². The average Bonchev–Trinajstić information content (AvgIpc) is 3.58. The first-order valence-corrected chi connectivity index (χ1v) is 15.3. The van der Waals surface area contributed by atoms with Crippen LogP contribution >= 0.6 is 27.5 Å². The highest BCUT2D eigenvalue weighted by atomic mass is 79.9. The number of amides is 3. The summed E-state index contributed by atoms with van der Waals surface area (Å²) >= 11 is 9.86. The number of benzene rings is 2. The lowest BCUT2D eigenvalue weighted by Gasteiger charge is -2.39. The Morgan fingerprint density at radius 1 is 1.14 bits per heavy atom. The van der Waals surface area contributed by atoms with E-state index < -0.39 is 35.6 Å². The molecule has 1 N–H and O–H groups in total. The number of anilines is 1. The van der Waals surface area contributed by atoms with Crippen molar-refractivity contribution in [2.45, 2.75) is 41.5 Å². The van der Waals surface area contributed by atoms with E-state index in [-0.39, 0.29) is 35.7 Å². The fourth-order valence-electron chi connectivity index (χ4n) is 6.92. The van der Waals surface area contributed by atoms with Crippen molar-refractivity contribution >= 4 is 50.9 Å². The van der Waals surface area contributed by atoms with E-state index in [0.29, 0.717) is 30.1 Å². The van der Waals surface area contributed by atoms with Crippen molar-refractivity contribution < 1.29 is 24.2 Å². The van der Waals surface area contributed by atoms with Gasteiger partial charge in [0, 0.05) is 35.7 Å². The zero-order valence-electron chi connectivity index (χ0n) is 23.4. The molecule has 8 nitrogen and oxygen atoms in total. The lowest BCUT2D eigenvalue weighted by Crippen LogP contribution is -2.59. The van der Waals surface area contributed by atoms with Crippen LogP contribution in [0.5, 0.6) is 0 Å². The first kappa shape index (κ1) is 30.5. The van der Waals surface area contributed by atoms with Gasteiger partial charge in [-0.3, -0.25) is 14.4 Å². The molecule has 10 heteroatoms. The van der Waals surface area contributed by atoms with Gasteiger partial charge in [-0.25, -0.2) is 0 Å². The van der Waals surface area contributed by atoms with E-state index in [1.807, 2.05) is 30.3 Å². The highest BCUT2D eigenvalue weighted by Gasteiger charge is 2.77. The third kappa shape index (κ3) is 5.10. The van der Waals surface area contributed by atoms with Gasteiger partial charge in [0.1, 0.15) is 11.6 Å². The summed E-state index contributed by atoms with van der Waals surface area (Å²) in [5, 5.41) is 11.2. The van der Waals surface area contributed by atoms with E-state index in [4.69, 9.17) is 16.3 Å². The predicted octanol–water partition coefficient (Wildman–Crippen LogP) is 3.86. The lowest BCUT2D eigenvalue weighted by molar-refractivity contribution is -0.146. The molecule has 42 heavy (non-hydrogen) atoms. The number of halogens is 2. The summed E-state index contributed by atoms with van der Waals surface area (Å²) in [6.07, 6.45) is 3.35. The van der Waals surface area contributed by atoms with Gasteiger partial charge >= 0.3 is 0 Å². The normalized spacial score (nSPS) is 28.3. The second-order valence-corrected chi connectivity index (χ2v) is 12.8. The van der Waals surface area contributed by atoms with Crippen LogP contribution in [0.2, 0.25) is 5.02 Å². The molecule has 0 saturated carbocycles. The summed E-state index contributed by atoms with van der Waals surface area (Å²) in [5.41, 5.74) is 0.229. The van der Waals surface area contributed by atoms with Crippen LogP contribution in [0.3, 0.4) is 0 Å². The van der Waals surface area contributed by atoms with Gasteiger partial charge in [0.15, 0.2) is 0 Å². The van der Waals surface area contributed by atoms with Crippen molar-refractivity contribution in [3.8, 4) is 0 Å². The van der Waals surface area contributed by atoms with Crippen LogP contribution in [0, 0.1) is 11.8 Å². The predicted molar refractivity (Wildman–Crippen MR) is 165 cm³/mol. The molecule has 3 saturated heterocycles. The Labute approximate surface area is 259 Å². The van der Waals surface area contributed by atoms with E-state index in [1.165, 1.54) is 9.80 Å². The van der Waals surface area contributed by atoms with Crippen molar-refractivity contribution in [3.05, 3.63) is 90.5 Å². The van der Waals surface area contributed by atoms with Crippen LogP contribution in [-0.4, -0.2) is 88.0 Å². The highest BCUT2D eigenvalue weighted by Crippen LogP contribution is 2.61. The van der Waals surface area contributed by atoms with Crippen molar-refractivity contribution in [2.24, 2.45) is 11.8 Å². The van der Waals surface area contributed by atoms with Crippen LogP contribution in [0.25, 0.3) is 0 Å². The standard InChI is InChI=1S/C32H35BrClN3O5/c1-4-15-35(3)29(39)25-26-30(40)37(23(19-38)17-20-9-7-6-8-10-20)28(32(26)18-24(33)27(25)42-32)31(41)36(16-5-2)22-13-11-21(34)12-14-22/h4-14,23-28,38H,1-2,15-19H2,3H3/t23-,24?,25+,26+,27+,28?,32?/m1/s1. The van der Waals surface area contributed by atoms with Crippen LogP contribution in [0.15, 0.2) is 79.9 Å². The van der Waals surface area contributed by atoms with Gasteiger partial charge in [-0.2, -0.15) is 0 Å². The molecular weight excluding hydrogens is 622 g/mol. The number of hydrogen-bond acceptors (Lipinski definition) is 5. The third-order valence-electron chi connectivity index (χ3n) is 8.66. The molecule has 1 spiro atoms. The minimum Gasteiger partial charge on any atom is -0.394 e. The third-order valence-corrected chi connectivity index (χ3v) is 9.76. The Kier molecular flexibility index (Phi) is 8.94. The van der Waals surface area contributed by atoms with Crippen LogP contribution in [-0.2, 0) is 25.5 Å². The molecule has 3 aliphatic heterocycles. The lowest BCUT2D eigenvalue weighted by atomic mass is 9.70.